The first-order valence-electron chi connectivity index (χ1n) is 7.77. The molecule has 1 N–H and O–H groups in total. The quantitative estimate of drug-likeness (QED) is 0.726. The van der Waals surface area contributed by atoms with Crippen LogP contribution in [0, 0.1) is 5.92 Å². The van der Waals surface area contributed by atoms with Crippen molar-refractivity contribution in [3.63, 3.8) is 0 Å². The fraction of sp³-hybridized carbons (Fsp3) is 0.750. The first-order valence-corrected chi connectivity index (χ1v) is 8.82. The van der Waals surface area contributed by atoms with Gasteiger partial charge in [-0.15, -0.1) is 0 Å². The zero-order valence-corrected chi connectivity index (χ0v) is 14.4. The molecule has 1 heterocycles. The van der Waals surface area contributed by atoms with Gasteiger partial charge in [-0.1, -0.05) is 34.6 Å². The van der Waals surface area contributed by atoms with Crippen LogP contribution in [0.4, 0.5) is 5.82 Å². The lowest BCUT2D eigenvalue weighted by atomic mass is 10.1. The molecule has 1 atom stereocenters. The van der Waals surface area contributed by atoms with E-state index in [1.807, 2.05) is 11.8 Å². The molecule has 0 aliphatic heterocycles. The zero-order valence-electron chi connectivity index (χ0n) is 13.6. The largest absolute Gasteiger partial charge is 0.370 e. The van der Waals surface area contributed by atoms with E-state index >= 15 is 0 Å². The predicted molar refractivity (Wildman–Crippen MR) is 90.4 cm³/mol. The molecular formula is C16H29N3S. The Morgan fingerprint density at radius 2 is 1.95 bits per heavy atom. The number of thioether (sulfide) groups is 1. The molecule has 0 aliphatic carbocycles. The summed E-state index contributed by atoms with van der Waals surface area (Å²) in [4.78, 5) is 9.36. The van der Waals surface area contributed by atoms with Crippen molar-refractivity contribution < 1.29 is 0 Å². The predicted octanol–water partition coefficient (Wildman–Crippen LogP) is 4.53. The highest BCUT2D eigenvalue weighted by Gasteiger charge is 2.08. The van der Waals surface area contributed by atoms with Crippen LogP contribution in [0.25, 0.3) is 0 Å². The van der Waals surface area contributed by atoms with E-state index in [1.54, 1.807) is 0 Å². The van der Waals surface area contributed by atoms with Crippen molar-refractivity contribution in [3.8, 4) is 0 Å². The normalized spacial score (nSPS) is 12.7. The standard InChI is InChI=1S/C16H29N3S/c1-6-8-17-15-10-14(9-12(3)4)18-16(19-15)11-20-13(5)7-2/h10,12-13H,6-9,11H2,1-5H3,(H,17,18,19). The number of anilines is 1. The third-order valence-corrected chi connectivity index (χ3v) is 4.40. The fourth-order valence-corrected chi connectivity index (χ4v) is 2.62. The number of rotatable bonds is 9. The minimum Gasteiger partial charge on any atom is -0.370 e. The molecule has 0 aliphatic rings. The molecule has 0 amide bonds. The van der Waals surface area contributed by atoms with E-state index in [4.69, 9.17) is 4.98 Å². The summed E-state index contributed by atoms with van der Waals surface area (Å²) in [7, 11) is 0. The Hall–Kier alpha value is -0.770. The lowest BCUT2D eigenvalue weighted by Crippen LogP contribution is -2.09. The molecule has 0 spiro atoms. The van der Waals surface area contributed by atoms with Crippen molar-refractivity contribution in [2.24, 2.45) is 5.92 Å². The molecule has 1 rings (SSSR count). The number of hydrogen-bond donors (Lipinski definition) is 1. The molecule has 1 aromatic heterocycles. The summed E-state index contributed by atoms with van der Waals surface area (Å²) >= 11 is 1.94. The van der Waals surface area contributed by atoms with E-state index in [1.165, 1.54) is 6.42 Å². The maximum absolute atomic E-state index is 4.72. The summed E-state index contributed by atoms with van der Waals surface area (Å²) < 4.78 is 0. The molecule has 0 fully saturated rings. The minimum atomic E-state index is 0.624. The van der Waals surface area contributed by atoms with Gasteiger partial charge in [0.1, 0.15) is 11.6 Å². The molecule has 0 saturated carbocycles. The van der Waals surface area contributed by atoms with Crippen molar-refractivity contribution in [2.45, 2.75) is 64.9 Å². The molecule has 3 nitrogen and oxygen atoms in total. The molecule has 0 bridgehead atoms. The second-order valence-electron chi connectivity index (χ2n) is 5.72. The molecule has 114 valence electrons. The number of hydrogen-bond acceptors (Lipinski definition) is 4. The van der Waals surface area contributed by atoms with Gasteiger partial charge >= 0.3 is 0 Å². The van der Waals surface area contributed by atoms with Gasteiger partial charge in [0.05, 0.1) is 5.75 Å². The van der Waals surface area contributed by atoms with Crippen LogP contribution >= 0.6 is 11.8 Å². The van der Waals surface area contributed by atoms with Gasteiger partial charge in [-0.2, -0.15) is 11.8 Å². The Morgan fingerprint density at radius 1 is 1.20 bits per heavy atom. The van der Waals surface area contributed by atoms with Gasteiger partial charge < -0.3 is 5.32 Å². The topological polar surface area (TPSA) is 37.8 Å². The highest BCUT2D eigenvalue weighted by atomic mass is 32.2. The van der Waals surface area contributed by atoms with Crippen molar-refractivity contribution >= 4 is 17.6 Å². The Morgan fingerprint density at radius 3 is 2.55 bits per heavy atom. The van der Waals surface area contributed by atoms with Gasteiger partial charge in [0.25, 0.3) is 0 Å². The third-order valence-electron chi connectivity index (χ3n) is 3.07. The second-order valence-corrected chi connectivity index (χ2v) is 7.14. The lowest BCUT2D eigenvalue weighted by molar-refractivity contribution is 0.632. The number of aromatic nitrogens is 2. The molecule has 1 aromatic rings. The van der Waals surface area contributed by atoms with Gasteiger partial charge in [0.15, 0.2) is 0 Å². The van der Waals surface area contributed by atoms with Crippen molar-refractivity contribution in [3.05, 3.63) is 17.6 Å². The average molecular weight is 295 g/mol. The molecule has 0 saturated heterocycles. The van der Waals surface area contributed by atoms with Crippen LogP contribution in [-0.2, 0) is 12.2 Å². The summed E-state index contributed by atoms with van der Waals surface area (Å²) in [6, 6.07) is 2.10. The molecule has 1 unspecified atom stereocenters. The van der Waals surface area contributed by atoms with E-state index in [0.717, 1.165) is 42.5 Å². The highest BCUT2D eigenvalue weighted by molar-refractivity contribution is 7.99. The summed E-state index contributed by atoms with van der Waals surface area (Å²) in [6.07, 6.45) is 3.32. The van der Waals surface area contributed by atoms with Crippen LogP contribution in [-0.4, -0.2) is 21.8 Å². The first kappa shape index (κ1) is 17.3. The van der Waals surface area contributed by atoms with E-state index in [-0.39, 0.29) is 0 Å². The van der Waals surface area contributed by atoms with E-state index in [2.05, 4.69) is 51.0 Å². The van der Waals surface area contributed by atoms with Gasteiger partial charge in [-0.3, -0.25) is 0 Å². The van der Waals surface area contributed by atoms with Crippen LogP contribution in [0.15, 0.2) is 6.07 Å². The van der Waals surface area contributed by atoms with Crippen LogP contribution < -0.4 is 5.32 Å². The molecule has 20 heavy (non-hydrogen) atoms. The zero-order chi connectivity index (χ0) is 15.0. The smallest absolute Gasteiger partial charge is 0.140 e. The second kappa shape index (κ2) is 9.22. The first-order chi connectivity index (χ1) is 9.55. The summed E-state index contributed by atoms with van der Waals surface area (Å²) in [5.41, 5.74) is 1.16. The van der Waals surface area contributed by atoms with Gasteiger partial charge in [-0.25, -0.2) is 9.97 Å². The minimum absolute atomic E-state index is 0.624. The van der Waals surface area contributed by atoms with Crippen molar-refractivity contribution in [1.29, 1.82) is 0 Å². The highest BCUT2D eigenvalue weighted by Crippen LogP contribution is 2.20. The molecular weight excluding hydrogens is 266 g/mol. The Bertz CT molecular complexity index is 393. The van der Waals surface area contributed by atoms with Crippen LogP contribution in [0.3, 0.4) is 0 Å². The van der Waals surface area contributed by atoms with Gasteiger partial charge in [-0.05, 0) is 25.2 Å². The maximum atomic E-state index is 4.72. The monoisotopic (exact) mass is 295 g/mol. The molecule has 0 aromatic carbocycles. The van der Waals surface area contributed by atoms with Crippen LogP contribution in [0.5, 0.6) is 0 Å². The lowest BCUT2D eigenvalue weighted by Gasteiger charge is -2.12. The van der Waals surface area contributed by atoms with Gasteiger partial charge in [0.2, 0.25) is 0 Å². The SMILES string of the molecule is CCCNc1cc(CC(C)C)nc(CSC(C)CC)n1. The Kier molecular flexibility index (Phi) is 7.97. The van der Waals surface area contributed by atoms with E-state index in [9.17, 15) is 0 Å². The number of nitrogens with one attached hydrogen (secondary N) is 1. The Balaban J connectivity index is 2.79. The summed E-state index contributed by atoms with van der Waals surface area (Å²) in [6.45, 7) is 12.1. The van der Waals surface area contributed by atoms with Gasteiger partial charge in [0, 0.05) is 23.6 Å². The Labute approximate surface area is 128 Å². The van der Waals surface area contributed by atoms with E-state index < -0.39 is 0 Å². The maximum Gasteiger partial charge on any atom is 0.140 e. The molecule has 4 heteroatoms. The van der Waals surface area contributed by atoms with Crippen molar-refractivity contribution in [2.75, 3.05) is 11.9 Å². The van der Waals surface area contributed by atoms with E-state index in [0.29, 0.717) is 11.2 Å². The third kappa shape index (κ3) is 6.60. The van der Waals surface area contributed by atoms with Crippen LogP contribution in [0.1, 0.15) is 59.0 Å². The summed E-state index contributed by atoms with van der Waals surface area (Å²) in [5.74, 6) is 3.48. The van der Waals surface area contributed by atoms with Crippen molar-refractivity contribution in [1.82, 2.24) is 9.97 Å². The summed E-state index contributed by atoms with van der Waals surface area (Å²) in [5, 5.41) is 4.06. The molecule has 0 radical (unpaired) electrons. The average Bonchev–Trinajstić information content (AvgIpc) is 2.41. The number of nitrogens with zero attached hydrogens (tertiary/aromatic N) is 2. The fourth-order valence-electron chi connectivity index (χ4n) is 1.82. The van der Waals surface area contributed by atoms with Crippen LogP contribution in [0.2, 0.25) is 0 Å².